The number of aromatic nitrogens is 3. The van der Waals surface area contributed by atoms with Crippen molar-refractivity contribution in [2.75, 3.05) is 0 Å². The van der Waals surface area contributed by atoms with E-state index in [9.17, 15) is 0 Å². The van der Waals surface area contributed by atoms with Crippen LogP contribution in [0.5, 0.6) is 0 Å². The molecular formula is C15H12N3. The minimum absolute atomic E-state index is 0.798. The summed E-state index contributed by atoms with van der Waals surface area (Å²) in [6, 6.07) is 9.99. The third-order valence-electron chi connectivity index (χ3n) is 2.89. The van der Waals surface area contributed by atoms with Crippen LogP contribution in [0.25, 0.3) is 22.3 Å². The smallest absolute Gasteiger partial charge is 0.118 e. The summed E-state index contributed by atoms with van der Waals surface area (Å²) in [7, 11) is 0. The van der Waals surface area contributed by atoms with E-state index in [2.05, 4.69) is 21.1 Å². The SMILES string of the molecule is Cc1ccc2cc(-c3ncccc3C)n[c]c2n1. The van der Waals surface area contributed by atoms with Crippen LogP contribution in [0, 0.1) is 20.0 Å². The maximum atomic E-state index is 4.39. The van der Waals surface area contributed by atoms with Crippen molar-refractivity contribution in [3.05, 3.63) is 54.0 Å². The van der Waals surface area contributed by atoms with Gasteiger partial charge in [-0.3, -0.25) is 9.97 Å². The Balaban J connectivity index is 2.20. The first-order valence-electron chi connectivity index (χ1n) is 5.82. The predicted octanol–water partition coefficient (Wildman–Crippen LogP) is 3.11. The normalized spacial score (nSPS) is 10.8. The lowest BCUT2D eigenvalue weighted by molar-refractivity contribution is 1.19. The van der Waals surface area contributed by atoms with E-state index in [4.69, 9.17) is 0 Å². The standard InChI is InChI=1S/C15H12N3/c1-10-4-3-7-16-15(10)13-8-12-6-5-11(2)18-14(12)9-17-13/h3-8H,1-2H3. The van der Waals surface area contributed by atoms with Gasteiger partial charge < -0.3 is 0 Å². The van der Waals surface area contributed by atoms with Gasteiger partial charge in [-0.05, 0) is 37.6 Å². The van der Waals surface area contributed by atoms with Gasteiger partial charge >= 0.3 is 0 Å². The van der Waals surface area contributed by atoms with Crippen molar-refractivity contribution in [2.45, 2.75) is 13.8 Å². The molecule has 3 heterocycles. The molecule has 87 valence electrons. The zero-order chi connectivity index (χ0) is 12.5. The fraction of sp³-hybridized carbons (Fsp3) is 0.133. The van der Waals surface area contributed by atoms with Crippen molar-refractivity contribution in [1.82, 2.24) is 15.0 Å². The summed E-state index contributed by atoms with van der Waals surface area (Å²) in [6.07, 6.45) is 4.76. The Labute approximate surface area is 106 Å². The van der Waals surface area contributed by atoms with E-state index in [-0.39, 0.29) is 0 Å². The van der Waals surface area contributed by atoms with E-state index < -0.39 is 0 Å². The van der Waals surface area contributed by atoms with Gasteiger partial charge in [-0.1, -0.05) is 12.1 Å². The molecule has 0 aliphatic heterocycles. The molecule has 0 amide bonds. The van der Waals surface area contributed by atoms with Gasteiger partial charge in [-0.2, -0.15) is 0 Å². The molecule has 0 N–H and O–H groups in total. The molecule has 0 saturated carbocycles. The average Bonchev–Trinajstić information content (AvgIpc) is 2.39. The molecular weight excluding hydrogens is 222 g/mol. The molecule has 0 fully saturated rings. The number of hydrogen-bond donors (Lipinski definition) is 0. The Kier molecular flexibility index (Phi) is 2.52. The fourth-order valence-corrected chi connectivity index (χ4v) is 1.94. The number of nitrogens with zero attached hydrogens (tertiary/aromatic N) is 3. The number of pyridine rings is 3. The molecule has 0 bridgehead atoms. The van der Waals surface area contributed by atoms with E-state index in [1.807, 2.05) is 44.2 Å². The van der Waals surface area contributed by atoms with Gasteiger partial charge in [0.1, 0.15) is 6.20 Å². The molecule has 0 spiro atoms. The summed E-state index contributed by atoms with van der Waals surface area (Å²) in [5.41, 5.74) is 4.62. The molecule has 0 unspecified atom stereocenters. The quantitative estimate of drug-likeness (QED) is 0.649. The van der Waals surface area contributed by atoms with Crippen molar-refractivity contribution in [3.63, 3.8) is 0 Å². The van der Waals surface area contributed by atoms with E-state index in [1.165, 1.54) is 0 Å². The highest BCUT2D eigenvalue weighted by molar-refractivity contribution is 5.81. The predicted molar refractivity (Wildman–Crippen MR) is 71.1 cm³/mol. The first-order chi connectivity index (χ1) is 8.74. The number of aryl methyl sites for hydroxylation is 2. The first-order valence-corrected chi connectivity index (χ1v) is 5.82. The van der Waals surface area contributed by atoms with Gasteiger partial charge in [-0.15, -0.1) is 0 Å². The third-order valence-corrected chi connectivity index (χ3v) is 2.89. The van der Waals surface area contributed by atoms with Crippen LogP contribution in [0.3, 0.4) is 0 Å². The molecule has 0 atom stereocenters. The van der Waals surface area contributed by atoms with Gasteiger partial charge in [0, 0.05) is 17.3 Å². The maximum absolute atomic E-state index is 4.39. The zero-order valence-electron chi connectivity index (χ0n) is 10.3. The molecule has 18 heavy (non-hydrogen) atoms. The van der Waals surface area contributed by atoms with Crippen LogP contribution in [0.2, 0.25) is 0 Å². The Morgan fingerprint density at radius 3 is 2.83 bits per heavy atom. The summed E-state index contributed by atoms with van der Waals surface area (Å²) < 4.78 is 0. The highest BCUT2D eigenvalue weighted by atomic mass is 14.8. The molecule has 3 heteroatoms. The lowest BCUT2D eigenvalue weighted by atomic mass is 10.1. The van der Waals surface area contributed by atoms with E-state index in [0.717, 1.165) is 33.5 Å². The van der Waals surface area contributed by atoms with Crippen LogP contribution >= 0.6 is 0 Å². The zero-order valence-corrected chi connectivity index (χ0v) is 10.3. The summed E-state index contributed by atoms with van der Waals surface area (Å²) >= 11 is 0. The molecule has 1 radical (unpaired) electrons. The van der Waals surface area contributed by atoms with Crippen molar-refractivity contribution < 1.29 is 0 Å². The van der Waals surface area contributed by atoms with Crippen molar-refractivity contribution in [2.24, 2.45) is 0 Å². The van der Waals surface area contributed by atoms with Crippen molar-refractivity contribution in [3.8, 4) is 11.4 Å². The van der Waals surface area contributed by atoms with Crippen LogP contribution in [0.4, 0.5) is 0 Å². The Bertz CT molecular complexity index is 720. The number of hydrogen-bond acceptors (Lipinski definition) is 3. The van der Waals surface area contributed by atoms with Gasteiger partial charge in [0.2, 0.25) is 0 Å². The minimum atomic E-state index is 0.798. The number of fused-ring (bicyclic) bond motifs is 1. The largest absolute Gasteiger partial charge is 0.254 e. The van der Waals surface area contributed by atoms with E-state index in [0.29, 0.717) is 0 Å². The number of rotatable bonds is 1. The highest BCUT2D eigenvalue weighted by Gasteiger charge is 2.06. The minimum Gasteiger partial charge on any atom is -0.254 e. The summed E-state index contributed by atoms with van der Waals surface area (Å²) in [4.78, 5) is 13.1. The Hall–Kier alpha value is -2.29. The van der Waals surface area contributed by atoms with Gasteiger partial charge in [0.25, 0.3) is 0 Å². The maximum Gasteiger partial charge on any atom is 0.118 e. The fourth-order valence-electron chi connectivity index (χ4n) is 1.94. The van der Waals surface area contributed by atoms with E-state index in [1.54, 1.807) is 6.20 Å². The molecule has 0 aromatic carbocycles. The molecule has 0 saturated heterocycles. The van der Waals surface area contributed by atoms with Gasteiger partial charge in [-0.25, -0.2) is 4.98 Å². The second-order valence-electron chi connectivity index (χ2n) is 4.31. The average molecular weight is 234 g/mol. The summed E-state index contributed by atoms with van der Waals surface area (Å²) in [5, 5.41) is 1.04. The van der Waals surface area contributed by atoms with Crippen LogP contribution in [-0.2, 0) is 0 Å². The van der Waals surface area contributed by atoms with Crippen LogP contribution < -0.4 is 0 Å². The van der Waals surface area contributed by atoms with Gasteiger partial charge in [0.05, 0.1) is 16.9 Å². The van der Waals surface area contributed by atoms with Crippen LogP contribution in [-0.4, -0.2) is 15.0 Å². The second kappa shape index (κ2) is 4.18. The Morgan fingerprint density at radius 1 is 1.11 bits per heavy atom. The van der Waals surface area contributed by atoms with Gasteiger partial charge in [0.15, 0.2) is 0 Å². The first kappa shape index (κ1) is 10.8. The summed E-state index contributed by atoms with van der Waals surface area (Å²) in [5.74, 6) is 0. The molecule has 3 rings (SSSR count). The molecule has 0 aliphatic carbocycles. The third kappa shape index (κ3) is 1.84. The second-order valence-corrected chi connectivity index (χ2v) is 4.31. The highest BCUT2D eigenvalue weighted by Crippen LogP contribution is 2.21. The van der Waals surface area contributed by atoms with Crippen LogP contribution in [0.1, 0.15) is 11.3 Å². The topological polar surface area (TPSA) is 38.7 Å². The monoisotopic (exact) mass is 234 g/mol. The molecule has 0 aliphatic rings. The Morgan fingerprint density at radius 2 is 2.00 bits per heavy atom. The van der Waals surface area contributed by atoms with Crippen molar-refractivity contribution in [1.29, 1.82) is 0 Å². The van der Waals surface area contributed by atoms with Crippen molar-refractivity contribution >= 4 is 10.9 Å². The molecule has 3 nitrogen and oxygen atoms in total. The molecule has 3 aromatic rings. The van der Waals surface area contributed by atoms with E-state index >= 15 is 0 Å². The van der Waals surface area contributed by atoms with Crippen LogP contribution in [0.15, 0.2) is 36.5 Å². The molecule has 3 aromatic heterocycles. The lowest BCUT2D eigenvalue weighted by Crippen LogP contribution is -1.92. The lowest BCUT2D eigenvalue weighted by Gasteiger charge is -2.04. The summed E-state index contributed by atoms with van der Waals surface area (Å²) in [6.45, 7) is 3.99.